The zero-order valence-corrected chi connectivity index (χ0v) is 15.8. The number of halogens is 1. The number of hydrogen-bond acceptors (Lipinski definition) is 2. The van der Waals surface area contributed by atoms with Crippen molar-refractivity contribution in [2.45, 2.75) is 46.0 Å². The van der Waals surface area contributed by atoms with Crippen LogP contribution in [0.5, 0.6) is 0 Å². The fraction of sp³-hybridized carbons (Fsp3) is 0.933. The molecule has 0 bridgehead atoms. The van der Waals surface area contributed by atoms with Gasteiger partial charge in [0.25, 0.3) is 0 Å². The molecule has 4 nitrogen and oxygen atoms in total. The number of nitrogens with zero attached hydrogens (tertiary/aromatic N) is 2. The van der Waals surface area contributed by atoms with Crippen LogP contribution in [0.15, 0.2) is 4.99 Å². The highest BCUT2D eigenvalue weighted by Crippen LogP contribution is 2.07. The van der Waals surface area contributed by atoms with Crippen LogP contribution < -0.4 is 10.6 Å². The summed E-state index contributed by atoms with van der Waals surface area (Å²) in [5.41, 5.74) is 0. The van der Waals surface area contributed by atoms with E-state index in [4.69, 9.17) is 0 Å². The number of piperidine rings is 1. The van der Waals surface area contributed by atoms with Gasteiger partial charge in [0, 0.05) is 26.7 Å². The third-order valence-electron chi connectivity index (χ3n) is 3.64. The number of hydrogen-bond donors (Lipinski definition) is 2. The van der Waals surface area contributed by atoms with Crippen LogP contribution in [0.4, 0.5) is 0 Å². The quantitative estimate of drug-likeness (QED) is 0.301. The molecule has 0 aliphatic carbocycles. The van der Waals surface area contributed by atoms with E-state index >= 15 is 0 Å². The van der Waals surface area contributed by atoms with Gasteiger partial charge in [-0.2, -0.15) is 0 Å². The van der Waals surface area contributed by atoms with Crippen LogP contribution in [0.3, 0.4) is 0 Å². The molecule has 1 fully saturated rings. The predicted molar refractivity (Wildman–Crippen MR) is 99.1 cm³/mol. The van der Waals surface area contributed by atoms with Crippen molar-refractivity contribution in [1.29, 1.82) is 0 Å². The first kappa shape index (κ1) is 20.0. The van der Waals surface area contributed by atoms with Gasteiger partial charge in [0.1, 0.15) is 0 Å². The van der Waals surface area contributed by atoms with Crippen LogP contribution in [0.2, 0.25) is 0 Å². The zero-order valence-electron chi connectivity index (χ0n) is 13.5. The van der Waals surface area contributed by atoms with E-state index in [0.717, 1.165) is 31.5 Å². The number of nitrogens with one attached hydrogen (secondary N) is 2. The van der Waals surface area contributed by atoms with Gasteiger partial charge in [0.2, 0.25) is 0 Å². The minimum Gasteiger partial charge on any atom is -0.356 e. The molecule has 1 rings (SSSR count). The van der Waals surface area contributed by atoms with Crippen LogP contribution in [-0.4, -0.2) is 50.6 Å². The molecule has 20 heavy (non-hydrogen) atoms. The maximum absolute atomic E-state index is 4.26. The van der Waals surface area contributed by atoms with Crippen LogP contribution >= 0.6 is 24.0 Å². The van der Waals surface area contributed by atoms with Gasteiger partial charge in [0.15, 0.2) is 5.96 Å². The lowest BCUT2D eigenvalue weighted by atomic mass is 10.1. The van der Waals surface area contributed by atoms with Crippen molar-refractivity contribution >= 4 is 29.9 Å². The second kappa shape index (κ2) is 12.7. The van der Waals surface area contributed by atoms with Crippen molar-refractivity contribution in [3.63, 3.8) is 0 Å². The van der Waals surface area contributed by atoms with Crippen LogP contribution in [0, 0.1) is 5.92 Å². The second-order valence-corrected chi connectivity index (χ2v) is 5.86. The first-order valence-electron chi connectivity index (χ1n) is 7.89. The van der Waals surface area contributed by atoms with Crippen molar-refractivity contribution < 1.29 is 0 Å². The van der Waals surface area contributed by atoms with Crippen molar-refractivity contribution in [2.24, 2.45) is 10.9 Å². The molecule has 1 aliphatic rings. The zero-order chi connectivity index (χ0) is 13.9. The number of guanidine groups is 1. The van der Waals surface area contributed by atoms with Crippen molar-refractivity contribution in [3.8, 4) is 0 Å². The maximum Gasteiger partial charge on any atom is 0.191 e. The lowest BCUT2D eigenvalue weighted by molar-refractivity contribution is 0.232. The Morgan fingerprint density at radius 2 is 1.75 bits per heavy atom. The summed E-state index contributed by atoms with van der Waals surface area (Å²) in [7, 11) is 1.85. The maximum atomic E-state index is 4.26. The summed E-state index contributed by atoms with van der Waals surface area (Å²) in [4.78, 5) is 6.81. The molecule has 0 radical (unpaired) electrons. The van der Waals surface area contributed by atoms with E-state index < -0.39 is 0 Å². The van der Waals surface area contributed by atoms with E-state index in [-0.39, 0.29) is 24.0 Å². The highest BCUT2D eigenvalue weighted by molar-refractivity contribution is 14.0. The van der Waals surface area contributed by atoms with Gasteiger partial charge >= 0.3 is 0 Å². The third kappa shape index (κ3) is 9.80. The molecule has 0 aromatic carbocycles. The molecule has 2 N–H and O–H groups in total. The molecule has 0 atom stereocenters. The first-order valence-corrected chi connectivity index (χ1v) is 7.89. The number of likely N-dealkylation sites (tertiary alicyclic amines) is 1. The highest BCUT2D eigenvalue weighted by Gasteiger charge is 2.09. The normalized spacial score (nSPS) is 16.9. The van der Waals surface area contributed by atoms with Gasteiger partial charge in [-0.15, -0.1) is 24.0 Å². The minimum absolute atomic E-state index is 0. The largest absolute Gasteiger partial charge is 0.356 e. The lowest BCUT2D eigenvalue weighted by Gasteiger charge is -2.26. The summed E-state index contributed by atoms with van der Waals surface area (Å²) in [5, 5.41) is 6.78. The van der Waals surface area contributed by atoms with Gasteiger partial charge in [-0.3, -0.25) is 4.99 Å². The molecule has 0 amide bonds. The molecular formula is C15H33IN4. The van der Waals surface area contributed by atoms with Gasteiger partial charge in [-0.05, 0) is 44.7 Å². The molecule has 1 saturated heterocycles. The van der Waals surface area contributed by atoms with Crippen molar-refractivity contribution in [2.75, 3.05) is 39.8 Å². The topological polar surface area (TPSA) is 39.7 Å². The van der Waals surface area contributed by atoms with E-state index in [1.54, 1.807) is 0 Å². The van der Waals surface area contributed by atoms with E-state index in [2.05, 4.69) is 34.4 Å². The summed E-state index contributed by atoms with van der Waals surface area (Å²) in [6.07, 6.45) is 6.62. The van der Waals surface area contributed by atoms with E-state index in [1.807, 2.05) is 7.05 Å². The molecule has 0 unspecified atom stereocenters. The average molecular weight is 396 g/mol. The molecular weight excluding hydrogens is 363 g/mol. The summed E-state index contributed by atoms with van der Waals surface area (Å²) in [6.45, 7) is 10.2. The van der Waals surface area contributed by atoms with Crippen LogP contribution in [-0.2, 0) is 0 Å². The Morgan fingerprint density at radius 1 is 1.10 bits per heavy atom. The Bertz CT molecular complexity index is 250. The Hall–Kier alpha value is -0.0400. The molecule has 0 saturated carbocycles. The molecule has 5 heteroatoms. The molecule has 0 spiro atoms. The summed E-state index contributed by atoms with van der Waals surface area (Å²) in [6, 6.07) is 0. The first-order chi connectivity index (χ1) is 9.22. The van der Waals surface area contributed by atoms with E-state index in [9.17, 15) is 0 Å². The standard InChI is InChI=1S/C15H32N4.HI/c1-14(2)8-7-9-17-15(16-3)18-10-13-19-11-5-4-6-12-19;/h14H,4-13H2,1-3H3,(H2,16,17,18);1H. The smallest absolute Gasteiger partial charge is 0.191 e. The number of rotatable bonds is 7. The molecule has 1 heterocycles. The Kier molecular flexibility index (Phi) is 12.7. The fourth-order valence-corrected chi connectivity index (χ4v) is 2.45. The van der Waals surface area contributed by atoms with Gasteiger partial charge < -0.3 is 15.5 Å². The van der Waals surface area contributed by atoms with Gasteiger partial charge in [-0.1, -0.05) is 20.3 Å². The van der Waals surface area contributed by atoms with Gasteiger partial charge in [0.05, 0.1) is 0 Å². The average Bonchev–Trinajstić information content (AvgIpc) is 2.42. The summed E-state index contributed by atoms with van der Waals surface area (Å²) >= 11 is 0. The Balaban J connectivity index is 0.00000361. The second-order valence-electron chi connectivity index (χ2n) is 5.86. The Labute approximate surface area is 142 Å². The molecule has 0 aromatic heterocycles. The van der Waals surface area contributed by atoms with E-state index in [0.29, 0.717) is 0 Å². The van der Waals surface area contributed by atoms with E-state index in [1.165, 1.54) is 45.2 Å². The minimum atomic E-state index is 0. The monoisotopic (exact) mass is 396 g/mol. The summed E-state index contributed by atoms with van der Waals surface area (Å²) in [5.74, 6) is 1.73. The highest BCUT2D eigenvalue weighted by atomic mass is 127. The summed E-state index contributed by atoms with van der Waals surface area (Å²) < 4.78 is 0. The molecule has 0 aromatic rings. The molecule has 1 aliphatic heterocycles. The van der Waals surface area contributed by atoms with Gasteiger partial charge in [-0.25, -0.2) is 0 Å². The lowest BCUT2D eigenvalue weighted by Crippen LogP contribution is -2.42. The van der Waals surface area contributed by atoms with Crippen LogP contribution in [0.25, 0.3) is 0 Å². The number of aliphatic imine (C=N–C) groups is 1. The van der Waals surface area contributed by atoms with Crippen LogP contribution in [0.1, 0.15) is 46.0 Å². The fourth-order valence-electron chi connectivity index (χ4n) is 2.45. The molecule has 120 valence electrons. The Morgan fingerprint density at radius 3 is 2.35 bits per heavy atom. The van der Waals surface area contributed by atoms with Crippen molar-refractivity contribution in [3.05, 3.63) is 0 Å². The predicted octanol–water partition coefficient (Wildman–Crippen LogP) is 2.69. The third-order valence-corrected chi connectivity index (χ3v) is 3.64. The SMILES string of the molecule is CN=C(NCCCC(C)C)NCCN1CCCCC1.I. The van der Waals surface area contributed by atoms with Crippen molar-refractivity contribution in [1.82, 2.24) is 15.5 Å².